The number of fused-ring (bicyclic) bond motifs is 1. The Labute approximate surface area is 170 Å². The van der Waals surface area contributed by atoms with Crippen LogP contribution >= 0.6 is 0 Å². The first-order valence-corrected chi connectivity index (χ1v) is 11.1. The van der Waals surface area contributed by atoms with E-state index in [1.807, 2.05) is 0 Å². The maximum absolute atomic E-state index is 13.6. The molecular formula is C23H36N4O. The maximum atomic E-state index is 13.6. The van der Waals surface area contributed by atoms with E-state index in [0.717, 1.165) is 58.5 Å². The number of hydrogen-bond donors (Lipinski definition) is 1. The lowest BCUT2D eigenvalue weighted by atomic mass is 9.90. The number of nitrogens with zero attached hydrogens (tertiary/aromatic N) is 3. The summed E-state index contributed by atoms with van der Waals surface area (Å²) in [6, 6.07) is 9.26. The summed E-state index contributed by atoms with van der Waals surface area (Å²) in [4.78, 5) is 21.0. The molecule has 5 heteroatoms. The van der Waals surface area contributed by atoms with Crippen LogP contribution in [0.3, 0.4) is 0 Å². The van der Waals surface area contributed by atoms with Gasteiger partial charge in [0, 0.05) is 51.6 Å². The number of amides is 1. The summed E-state index contributed by atoms with van der Waals surface area (Å²) in [5.41, 5.74) is 2.31. The van der Waals surface area contributed by atoms with E-state index >= 15 is 0 Å². The highest BCUT2D eigenvalue weighted by Crippen LogP contribution is 2.35. The van der Waals surface area contributed by atoms with Crippen molar-refractivity contribution in [2.45, 2.75) is 50.6 Å². The van der Waals surface area contributed by atoms with E-state index in [0.29, 0.717) is 6.04 Å². The van der Waals surface area contributed by atoms with Crippen molar-refractivity contribution in [2.24, 2.45) is 0 Å². The van der Waals surface area contributed by atoms with Crippen molar-refractivity contribution >= 4 is 5.91 Å². The van der Waals surface area contributed by atoms with E-state index in [-0.39, 0.29) is 5.91 Å². The highest BCUT2D eigenvalue weighted by molar-refractivity contribution is 5.88. The number of carbonyl (C=O) groups is 1. The van der Waals surface area contributed by atoms with E-state index in [9.17, 15) is 4.79 Å². The molecule has 1 aromatic rings. The Morgan fingerprint density at radius 1 is 1.11 bits per heavy atom. The Morgan fingerprint density at radius 3 is 2.36 bits per heavy atom. The molecule has 0 unspecified atom stereocenters. The fourth-order valence-corrected chi connectivity index (χ4v) is 5.48. The number of likely N-dealkylation sites (N-methyl/N-ethyl adjacent to an activating group) is 1. The average molecular weight is 385 g/mol. The van der Waals surface area contributed by atoms with Crippen molar-refractivity contribution in [3.05, 3.63) is 35.4 Å². The summed E-state index contributed by atoms with van der Waals surface area (Å²) in [7, 11) is 2.21. The van der Waals surface area contributed by atoms with Crippen LogP contribution in [0.2, 0.25) is 0 Å². The van der Waals surface area contributed by atoms with Crippen molar-refractivity contribution in [2.75, 3.05) is 52.9 Å². The van der Waals surface area contributed by atoms with Crippen LogP contribution in [0.25, 0.3) is 0 Å². The molecule has 3 aliphatic rings. The first kappa shape index (κ1) is 19.9. The van der Waals surface area contributed by atoms with Gasteiger partial charge in [0.1, 0.15) is 5.54 Å². The number of likely N-dealkylation sites (tertiary alicyclic amines) is 1. The van der Waals surface area contributed by atoms with Crippen molar-refractivity contribution in [1.29, 1.82) is 0 Å². The van der Waals surface area contributed by atoms with Crippen LogP contribution in [0.15, 0.2) is 24.3 Å². The van der Waals surface area contributed by atoms with Gasteiger partial charge < -0.3 is 15.1 Å². The molecule has 1 N–H and O–H groups in total. The Kier molecular flexibility index (Phi) is 6.04. The minimum Gasteiger partial charge on any atom is -0.354 e. The fraction of sp³-hybridized carbons (Fsp3) is 0.696. The topological polar surface area (TPSA) is 38.8 Å². The molecule has 154 valence electrons. The normalized spacial score (nSPS) is 25.7. The Balaban J connectivity index is 1.45. The van der Waals surface area contributed by atoms with Crippen molar-refractivity contribution in [3.63, 3.8) is 0 Å². The Morgan fingerprint density at radius 2 is 1.79 bits per heavy atom. The van der Waals surface area contributed by atoms with Crippen LogP contribution in [-0.2, 0) is 17.6 Å². The van der Waals surface area contributed by atoms with E-state index in [4.69, 9.17) is 0 Å². The van der Waals surface area contributed by atoms with Gasteiger partial charge in [-0.2, -0.15) is 0 Å². The van der Waals surface area contributed by atoms with Crippen molar-refractivity contribution < 1.29 is 4.79 Å². The second kappa shape index (κ2) is 8.52. The molecule has 0 spiro atoms. The highest BCUT2D eigenvalue weighted by Gasteiger charge is 2.48. The quantitative estimate of drug-likeness (QED) is 0.811. The lowest BCUT2D eigenvalue weighted by molar-refractivity contribution is -0.134. The Bertz CT molecular complexity index is 658. The first-order chi connectivity index (χ1) is 13.6. The predicted octanol–water partition coefficient (Wildman–Crippen LogP) is 1.76. The molecule has 0 aromatic heterocycles. The number of piperazine rings is 1. The summed E-state index contributed by atoms with van der Waals surface area (Å²) in [5.74, 6) is 0.245. The molecule has 0 radical (unpaired) electrons. The van der Waals surface area contributed by atoms with Crippen LogP contribution in [0.4, 0.5) is 0 Å². The molecule has 1 atom stereocenters. The number of nitrogens with one attached hydrogen (secondary N) is 1. The predicted molar refractivity (Wildman–Crippen MR) is 114 cm³/mol. The third-order valence-corrected chi connectivity index (χ3v) is 7.37. The van der Waals surface area contributed by atoms with E-state index in [1.165, 1.54) is 30.5 Å². The zero-order valence-electron chi connectivity index (χ0n) is 17.6. The lowest BCUT2D eigenvalue weighted by Crippen LogP contribution is -2.64. The third-order valence-electron chi connectivity index (χ3n) is 7.37. The van der Waals surface area contributed by atoms with E-state index in [2.05, 4.69) is 58.3 Å². The van der Waals surface area contributed by atoms with Gasteiger partial charge in [0.05, 0.1) is 0 Å². The van der Waals surface area contributed by atoms with Crippen LogP contribution in [0.5, 0.6) is 0 Å². The molecule has 2 heterocycles. The van der Waals surface area contributed by atoms with Gasteiger partial charge in [0.25, 0.3) is 0 Å². The second-order valence-corrected chi connectivity index (χ2v) is 8.90. The van der Waals surface area contributed by atoms with Crippen LogP contribution < -0.4 is 5.32 Å². The molecule has 0 saturated carbocycles. The van der Waals surface area contributed by atoms with Gasteiger partial charge in [0.2, 0.25) is 5.91 Å². The number of rotatable bonds is 6. The maximum Gasteiger partial charge on any atom is 0.241 e. The monoisotopic (exact) mass is 384 g/mol. The number of benzene rings is 1. The SMILES string of the molecule is CCN1CCN(C2(C(=O)NCC[C@H]3CCCN3C)Cc3ccccc3C2)CC1. The molecule has 1 amide bonds. The smallest absolute Gasteiger partial charge is 0.241 e. The molecule has 2 fully saturated rings. The molecule has 28 heavy (non-hydrogen) atoms. The molecule has 1 aromatic carbocycles. The fourth-order valence-electron chi connectivity index (χ4n) is 5.48. The molecule has 2 aliphatic heterocycles. The van der Waals surface area contributed by atoms with Gasteiger partial charge in [-0.15, -0.1) is 0 Å². The Hall–Kier alpha value is -1.43. The summed E-state index contributed by atoms with van der Waals surface area (Å²) < 4.78 is 0. The molecule has 1 aliphatic carbocycles. The standard InChI is InChI=1S/C23H36N4O/c1-3-26-13-15-27(16-14-26)23(17-19-7-4-5-8-20(19)18-23)22(28)24-11-10-21-9-6-12-25(21)2/h4-5,7-8,21H,3,6,9-18H2,1-2H3,(H,24,28)/t21-/m1/s1. The summed E-state index contributed by atoms with van der Waals surface area (Å²) >= 11 is 0. The van der Waals surface area contributed by atoms with Crippen LogP contribution in [0.1, 0.15) is 37.3 Å². The minimum atomic E-state index is -0.398. The van der Waals surface area contributed by atoms with Gasteiger partial charge in [-0.25, -0.2) is 0 Å². The van der Waals surface area contributed by atoms with Gasteiger partial charge in [0.15, 0.2) is 0 Å². The van der Waals surface area contributed by atoms with Crippen LogP contribution in [-0.4, -0.2) is 85.0 Å². The average Bonchev–Trinajstić information content (AvgIpc) is 3.32. The molecule has 5 nitrogen and oxygen atoms in total. The van der Waals surface area contributed by atoms with Crippen LogP contribution in [0, 0.1) is 0 Å². The van der Waals surface area contributed by atoms with Gasteiger partial charge in [-0.3, -0.25) is 9.69 Å². The molecule has 2 saturated heterocycles. The molecular weight excluding hydrogens is 348 g/mol. The zero-order valence-corrected chi connectivity index (χ0v) is 17.6. The second-order valence-electron chi connectivity index (χ2n) is 8.90. The van der Waals surface area contributed by atoms with Gasteiger partial charge in [-0.1, -0.05) is 31.2 Å². The summed E-state index contributed by atoms with van der Waals surface area (Å²) in [6.45, 7) is 9.41. The third kappa shape index (κ3) is 3.85. The number of hydrogen-bond acceptors (Lipinski definition) is 4. The minimum absolute atomic E-state index is 0.245. The van der Waals surface area contributed by atoms with E-state index in [1.54, 1.807) is 0 Å². The lowest BCUT2D eigenvalue weighted by Gasteiger charge is -2.44. The van der Waals surface area contributed by atoms with Gasteiger partial charge in [-0.05, 0) is 50.5 Å². The highest BCUT2D eigenvalue weighted by atomic mass is 16.2. The van der Waals surface area contributed by atoms with Crippen molar-refractivity contribution in [1.82, 2.24) is 20.0 Å². The molecule has 0 bridgehead atoms. The summed E-state index contributed by atoms with van der Waals surface area (Å²) in [6.07, 6.45) is 5.32. The molecule has 4 rings (SSSR count). The number of carbonyl (C=O) groups excluding carboxylic acids is 1. The van der Waals surface area contributed by atoms with Gasteiger partial charge >= 0.3 is 0 Å². The van der Waals surface area contributed by atoms with Crippen molar-refractivity contribution in [3.8, 4) is 0 Å². The zero-order chi connectivity index (χ0) is 19.6. The first-order valence-electron chi connectivity index (χ1n) is 11.1. The largest absolute Gasteiger partial charge is 0.354 e. The summed E-state index contributed by atoms with van der Waals surface area (Å²) in [5, 5.41) is 3.35. The van der Waals surface area contributed by atoms with E-state index < -0.39 is 5.54 Å².